The number of carbonyl (C=O) groups excluding carboxylic acids is 2. The lowest BCUT2D eigenvalue weighted by Crippen LogP contribution is -2.53. The van der Waals surface area contributed by atoms with Gasteiger partial charge in [-0.15, -0.1) is 0 Å². The van der Waals surface area contributed by atoms with Crippen LogP contribution < -0.4 is 5.32 Å². The summed E-state index contributed by atoms with van der Waals surface area (Å²) in [5.74, 6) is -0.227. The van der Waals surface area contributed by atoms with Crippen LogP contribution in [-0.4, -0.2) is 42.5 Å². The molecule has 106 valence electrons. The van der Waals surface area contributed by atoms with E-state index in [9.17, 15) is 9.59 Å². The molecule has 1 aliphatic heterocycles. The highest BCUT2D eigenvalue weighted by atomic mass is 16.5. The Labute approximate surface area is 117 Å². The summed E-state index contributed by atoms with van der Waals surface area (Å²) in [5, 5.41) is 2.96. The molecule has 0 aromatic heterocycles. The maximum absolute atomic E-state index is 12.3. The van der Waals surface area contributed by atoms with Gasteiger partial charge in [0.05, 0.1) is 6.04 Å². The third kappa shape index (κ3) is 2.54. The van der Waals surface area contributed by atoms with Crippen molar-refractivity contribution in [1.82, 2.24) is 10.2 Å². The van der Waals surface area contributed by atoms with E-state index < -0.39 is 6.10 Å². The van der Waals surface area contributed by atoms with Crippen molar-refractivity contribution >= 4 is 11.8 Å². The van der Waals surface area contributed by atoms with Crippen LogP contribution in [0.4, 0.5) is 0 Å². The first-order chi connectivity index (χ1) is 9.66. The van der Waals surface area contributed by atoms with E-state index in [2.05, 4.69) is 5.32 Å². The summed E-state index contributed by atoms with van der Waals surface area (Å²) >= 11 is 0. The third-order valence-corrected chi connectivity index (χ3v) is 3.81. The fraction of sp³-hybridized carbons (Fsp3) is 0.467. The summed E-state index contributed by atoms with van der Waals surface area (Å²) in [6.45, 7) is -0.0391. The molecule has 1 saturated carbocycles. The first kappa shape index (κ1) is 13.1. The molecule has 5 heteroatoms. The summed E-state index contributed by atoms with van der Waals surface area (Å²) in [6, 6.07) is 9.47. The molecule has 0 spiro atoms. The number of benzene rings is 1. The topological polar surface area (TPSA) is 58.6 Å². The van der Waals surface area contributed by atoms with Gasteiger partial charge in [0.2, 0.25) is 5.91 Å². The minimum Gasteiger partial charge on any atom is -0.356 e. The zero-order chi connectivity index (χ0) is 14.1. The molecule has 0 radical (unpaired) electrons. The number of rotatable bonds is 3. The molecule has 1 aromatic rings. The molecule has 1 aromatic carbocycles. The summed E-state index contributed by atoms with van der Waals surface area (Å²) in [6.07, 6.45) is 1.42. The highest BCUT2D eigenvalue weighted by Crippen LogP contribution is 2.30. The average Bonchev–Trinajstić information content (AvgIpc) is 3.26. The van der Waals surface area contributed by atoms with Gasteiger partial charge in [0.25, 0.3) is 5.91 Å². The minimum absolute atomic E-state index is 0.0391. The molecule has 2 aliphatic rings. The highest BCUT2D eigenvalue weighted by Gasteiger charge is 2.41. The van der Waals surface area contributed by atoms with E-state index in [1.54, 1.807) is 11.9 Å². The predicted octanol–water partition coefficient (Wildman–Crippen LogP) is 0.863. The second-order valence-electron chi connectivity index (χ2n) is 5.37. The normalized spacial score (nSPS) is 26.4. The Balaban J connectivity index is 1.85. The first-order valence-corrected chi connectivity index (χ1v) is 6.89. The molecule has 1 heterocycles. The molecule has 20 heavy (non-hydrogen) atoms. The van der Waals surface area contributed by atoms with Crippen molar-refractivity contribution in [2.75, 3.05) is 13.7 Å². The van der Waals surface area contributed by atoms with Crippen LogP contribution in [0, 0.1) is 0 Å². The maximum atomic E-state index is 12.3. The van der Waals surface area contributed by atoms with Crippen LogP contribution >= 0.6 is 0 Å². The van der Waals surface area contributed by atoms with Crippen molar-refractivity contribution in [3.63, 3.8) is 0 Å². The van der Waals surface area contributed by atoms with Crippen LogP contribution in [0.15, 0.2) is 30.3 Å². The van der Waals surface area contributed by atoms with Crippen LogP contribution in [0.5, 0.6) is 0 Å². The zero-order valence-corrected chi connectivity index (χ0v) is 11.4. The number of amides is 2. The minimum atomic E-state index is -0.638. The number of hydrogen-bond donors (Lipinski definition) is 1. The Bertz CT molecular complexity index is 513. The lowest BCUT2D eigenvalue weighted by molar-refractivity contribution is -0.162. The van der Waals surface area contributed by atoms with Crippen molar-refractivity contribution < 1.29 is 14.3 Å². The number of hydrogen-bond acceptors (Lipinski definition) is 3. The molecule has 0 bridgehead atoms. The number of ether oxygens (including phenoxy) is 1. The average molecular weight is 274 g/mol. The molecule has 2 fully saturated rings. The first-order valence-electron chi connectivity index (χ1n) is 6.89. The summed E-state index contributed by atoms with van der Waals surface area (Å²) in [7, 11) is 1.72. The molecule has 2 atom stereocenters. The van der Waals surface area contributed by atoms with Crippen molar-refractivity contribution in [2.45, 2.75) is 31.0 Å². The van der Waals surface area contributed by atoms with Crippen molar-refractivity contribution in [3.8, 4) is 0 Å². The molecular formula is C15H18N2O3. The van der Waals surface area contributed by atoms with Crippen LogP contribution in [0.3, 0.4) is 0 Å². The van der Waals surface area contributed by atoms with Gasteiger partial charge in [0, 0.05) is 13.1 Å². The Hall–Kier alpha value is -1.88. The van der Waals surface area contributed by atoms with Gasteiger partial charge in [-0.05, 0) is 18.4 Å². The summed E-state index contributed by atoms with van der Waals surface area (Å²) in [4.78, 5) is 25.8. The van der Waals surface area contributed by atoms with E-state index >= 15 is 0 Å². The van der Waals surface area contributed by atoms with Gasteiger partial charge in [0.15, 0.2) is 6.10 Å². The summed E-state index contributed by atoms with van der Waals surface area (Å²) in [5.41, 5.74) is 0.916. The van der Waals surface area contributed by atoms with E-state index in [0.29, 0.717) is 0 Å². The standard InChI is InChI=1S/C15H18N2O3/c1-17-12(18)9-20-14(15(19)16-11-7-8-11)13(17)10-5-3-2-4-6-10/h2-6,11,13-14H,7-9H2,1H3,(H,16,19)/t13-,14-/m0/s1. The SMILES string of the molecule is CN1C(=O)CO[C@H](C(=O)NC2CC2)[C@@H]1c1ccccc1. The Morgan fingerprint density at radius 2 is 2.00 bits per heavy atom. The van der Waals surface area contributed by atoms with Crippen molar-refractivity contribution in [3.05, 3.63) is 35.9 Å². The van der Waals surface area contributed by atoms with Gasteiger partial charge in [0.1, 0.15) is 6.61 Å². The Kier molecular flexibility index (Phi) is 3.44. The largest absolute Gasteiger partial charge is 0.356 e. The number of nitrogens with zero attached hydrogens (tertiary/aromatic N) is 1. The van der Waals surface area contributed by atoms with Crippen LogP contribution in [0.1, 0.15) is 24.4 Å². The number of nitrogens with one attached hydrogen (secondary N) is 1. The van der Waals surface area contributed by atoms with Crippen LogP contribution in [0.2, 0.25) is 0 Å². The van der Waals surface area contributed by atoms with Gasteiger partial charge in [-0.1, -0.05) is 30.3 Å². The molecule has 1 saturated heterocycles. The highest BCUT2D eigenvalue weighted by molar-refractivity contribution is 5.86. The second kappa shape index (κ2) is 5.25. The van der Waals surface area contributed by atoms with E-state index in [4.69, 9.17) is 4.74 Å². The lowest BCUT2D eigenvalue weighted by Gasteiger charge is -2.38. The Morgan fingerprint density at radius 3 is 2.65 bits per heavy atom. The van der Waals surface area contributed by atoms with Crippen molar-refractivity contribution in [2.24, 2.45) is 0 Å². The predicted molar refractivity (Wildman–Crippen MR) is 72.9 cm³/mol. The van der Waals surface area contributed by atoms with E-state index in [0.717, 1.165) is 18.4 Å². The van der Waals surface area contributed by atoms with Gasteiger partial charge in [-0.2, -0.15) is 0 Å². The zero-order valence-electron chi connectivity index (χ0n) is 11.4. The van der Waals surface area contributed by atoms with E-state index in [1.165, 1.54) is 0 Å². The van der Waals surface area contributed by atoms with Gasteiger partial charge < -0.3 is 15.0 Å². The van der Waals surface area contributed by atoms with E-state index in [1.807, 2.05) is 30.3 Å². The lowest BCUT2D eigenvalue weighted by atomic mass is 9.97. The van der Waals surface area contributed by atoms with Gasteiger partial charge in [-0.3, -0.25) is 9.59 Å². The fourth-order valence-electron chi connectivity index (χ4n) is 2.49. The van der Waals surface area contributed by atoms with Crippen LogP contribution in [-0.2, 0) is 14.3 Å². The number of likely N-dealkylation sites (N-methyl/N-ethyl adjacent to an activating group) is 1. The molecule has 1 N–H and O–H groups in total. The van der Waals surface area contributed by atoms with Gasteiger partial charge in [-0.25, -0.2) is 0 Å². The number of morpholine rings is 1. The summed E-state index contributed by atoms with van der Waals surface area (Å²) < 4.78 is 5.51. The second-order valence-corrected chi connectivity index (χ2v) is 5.37. The Morgan fingerprint density at radius 1 is 1.30 bits per heavy atom. The molecule has 0 unspecified atom stereocenters. The third-order valence-electron chi connectivity index (χ3n) is 3.81. The maximum Gasteiger partial charge on any atom is 0.251 e. The molecule has 5 nitrogen and oxygen atoms in total. The molecule has 2 amide bonds. The quantitative estimate of drug-likeness (QED) is 0.889. The van der Waals surface area contributed by atoms with Gasteiger partial charge >= 0.3 is 0 Å². The van der Waals surface area contributed by atoms with Crippen molar-refractivity contribution in [1.29, 1.82) is 0 Å². The smallest absolute Gasteiger partial charge is 0.251 e. The molecule has 3 rings (SSSR count). The fourth-order valence-corrected chi connectivity index (χ4v) is 2.49. The van der Waals surface area contributed by atoms with E-state index in [-0.39, 0.29) is 30.5 Å². The molecular weight excluding hydrogens is 256 g/mol. The number of carbonyl (C=O) groups is 2. The van der Waals surface area contributed by atoms with Crippen LogP contribution in [0.25, 0.3) is 0 Å². The monoisotopic (exact) mass is 274 g/mol. The molecule has 1 aliphatic carbocycles.